The van der Waals surface area contributed by atoms with Crippen LogP contribution in [0.4, 0.5) is 0 Å². The Kier molecular flexibility index (Phi) is 5.01. The van der Waals surface area contributed by atoms with Gasteiger partial charge in [0.15, 0.2) is 0 Å². The van der Waals surface area contributed by atoms with E-state index in [1.54, 1.807) is 0 Å². The molecule has 0 bridgehead atoms. The van der Waals surface area contributed by atoms with Crippen LogP contribution in [0.1, 0.15) is 28.8 Å². The van der Waals surface area contributed by atoms with Crippen molar-refractivity contribution >= 4 is 11.3 Å². The molecule has 1 aromatic carbocycles. The molecule has 4 heteroatoms. The molecular weight excluding hydrogens is 278 g/mol. The molecule has 3 nitrogen and oxygen atoms in total. The molecule has 1 atom stereocenters. The second-order valence-electron chi connectivity index (χ2n) is 5.66. The van der Waals surface area contributed by atoms with Crippen LogP contribution in [-0.4, -0.2) is 29.0 Å². The number of hydrogen-bond acceptors (Lipinski definition) is 4. The fourth-order valence-corrected chi connectivity index (χ4v) is 3.64. The fourth-order valence-electron chi connectivity index (χ4n) is 2.82. The van der Waals surface area contributed by atoms with E-state index in [2.05, 4.69) is 52.5 Å². The number of aryl methyl sites for hydroxylation is 1. The van der Waals surface area contributed by atoms with E-state index in [1.807, 2.05) is 17.5 Å². The highest BCUT2D eigenvalue weighted by Gasteiger charge is 2.21. The highest BCUT2D eigenvalue weighted by atomic mass is 32.1. The first-order valence-electron chi connectivity index (χ1n) is 7.76. The van der Waals surface area contributed by atoms with Gasteiger partial charge in [0, 0.05) is 43.3 Å². The third-order valence-electron chi connectivity index (χ3n) is 3.99. The highest BCUT2D eigenvalue weighted by molar-refractivity contribution is 7.11. The molecule has 0 aliphatic carbocycles. The summed E-state index contributed by atoms with van der Waals surface area (Å²) in [4.78, 5) is 8.31. The predicted molar refractivity (Wildman–Crippen MR) is 88.5 cm³/mol. The number of nitrogens with zero attached hydrogens (tertiary/aromatic N) is 2. The molecule has 2 aromatic rings. The summed E-state index contributed by atoms with van der Waals surface area (Å²) in [5, 5.41) is 4.92. The molecular formula is C17H23N3S. The van der Waals surface area contributed by atoms with Crippen LogP contribution in [0.3, 0.4) is 0 Å². The number of likely N-dealkylation sites (tertiary alicyclic amines) is 1. The van der Waals surface area contributed by atoms with Crippen molar-refractivity contribution in [2.45, 2.75) is 38.9 Å². The zero-order valence-corrected chi connectivity index (χ0v) is 13.4. The minimum absolute atomic E-state index is 0.612. The average Bonchev–Trinajstić information content (AvgIpc) is 3.15. The van der Waals surface area contributed by atoms with Gasteiger partial charge in [0.25, 0.3) is 0 Å². The lowest BCUT2D eigenvalue weighted by Gasteiger charge is -2.16. The Labute approximate surface area is 131 Å². The van der Waals surface area contributed by atoms with Gasteiger partial charge in [-0.1, -0.05) is 37.3 Å². The van der Waals surface area contributed by atoms with Crippen LogP contribution in [0.25, 0.3) is 0 Å². The Balaban J connectivity index is 1.44. The van der Waals surface area contributed by atoms with E-state index in [1.165, 1.54) is 28.4 Å². The number of benzene rings is 1. The molecule has 112 valence electrons. The van der Waals surface area contributed by atoms with Crippen LogP contribution in [0, 0.1) is 0 Å². The van der Waals surface area contributed by atoms with Crippen LogP contribution in [0.2, 0.25) is 0 Å². The standard InChI is InChI=1S/C17H23N3S/c1-2-17-19-11-16(21-17)10-18-15-8-9-20(13-15)12-14-6-4-3-5-7-14/h3-7,11,15,18H,2,8-10,12-13H2,1H3. The maximum atomic E-state index is 4.42. The summed E-state index contributed by atoms with van der Waals surface area (Å²) in [6, 6.07) is 11.4. The van der Waals surface area contributed by atoms with Crippen LogP contribution in [-0.2, 0) is 19.5 Å². The lowest BCUT2D eigenvalue weighted by Crippen LogP contribution is -2.31. The summed E-state index contributed by atoms with van der Waals surface area (Å²) >= 11 is 1.83. The van der Waals surface area contributed by atoms with Gasteiger partial charge in [-0.2, -0.15) is 0 Å². The van der Waals surface area contributed by atoms with Crippen LogP contribution < -0.4 is 5.32 Å². The van der Waals surface area contributed by atoms with Gasteiger partial charge < -0.3 is 5.32 Å². The van der Waals surface area contributed by atoms with E-state index in [0.717, 1.165) is 26.1 Å². The lowest BCUT2D eigenvalue weighted by molar-refractivity contribution is 0.320. The smallest absolute Gasteiger partial charge is 0.0925 e. The zero-order valence-electron chi connectivity index (χ0n) is 12.6. The highest BCUT2D eigenvalue weighted by Crippen LogP contribution is 2.16. The predicted octanol–water partition coefficient (Wildman–Crippen LogP) is 3.07. The van der Waals surface area contributed by atoms with Crippen molar-refractivity contribution in [1.82, 2.24) is 15.2 Å². The zero-order chi connectivity index (χ0) is 14.5. The summed E-state index contributed by atoms with van der Waals surface area (Å²) in [5.74, 6) is 0. The van der Waals surface area contributed by atoms with Crippen molar-refractivity contribution < 1.29 is 0 Å². The molecule has 0 amide bonds. The van der Waals surface area contributed by atoms with Crippen molar-refractivity contribution in [3.63, 3.8) is 0 Å². The lowest BCUT2D eigenvalue weighted by atomic mass is 10.2. The van der Waals surface area contributed by atoms with Crippen LogP contribution in [0.5, 0.6) is 0 Å². The van der Waals surface area contributed by atoms with Crippen molar-refractivity contribution in [2.24, 2.45) is 0 Å². The first-order chi connectivity index (χ1) is 10.3. The summed E-state index contributed by atoms with van der Waals surface area (Å²) in [5.41, 5.74) is 1.41. The number of rotatable bonds is 6. The molecule has 1 fully saturated rings. The summed E-state index contributed by atoms with van der Waals surface area (Å²) < 4.78 is 0. The Hall–Kier alpha value is -1.23. The average molecular weight is 301 g/mol. The van der Waals surface area contributed by atoms with Gasteiger partial charge in [-0.3, -0.25) is 4.90 Å². The monoisotopic (exact) mass is 301 g/mol. The normalized spacial score (nSPS) is 19.2. The van der Waals surface area contributed by atoms with Gasteiger partial charge in [0.2, 0.25) is 0 Å². The number of nitrogens with one attached hydrogen (secondary N) is 1. The van der Waals surface area contributed by atoms with Gasteiger partial charge in [0.1, 0.15) is 0 Å². The molecule has 1 aromatic heterocycles. The Morgan fingerprint density at radius 2 is 2.19 bits per heavy atom. The first kappa shape index (κ1) is 14.7. The summed E-state index contributed by atoms with van der Waals surface area (Å²) in [6.07, 6.45) is 4.30. The largest absolute Gasteiger partial charge is 0.308 e. The summed E-state index contributed by atoms with van der Waals surface area (Å²) in [7, 11) is 0. The first-order valence-corrected chi connectivity index (χ1v) is 8.58. The fraction of sp³-hybridized carbons (Fsp3) is 0.471. The van der Waals surface area contributed by atoms with E-state index < -0.39 is 0 Å². The Morgan fingerprint density at radius 3 is 2.95 bits per heavy atom. The molecule has 0 spiro atoms. The van der Waals surface area contributed by atoms with Crippen molar-refractivity contribution in [3.05, 3.63) is 52.0 Å². The SMILES string of the molecule is CCc1ncc(CNC2CCN(Cc3ccccc3)C2)s1. The molecule has 1 N–H and O–H groups in total. The molecule has 2 heterocycles. The van der Waals surface area contributed by atoms with E-state index in [-0.39, 0.29) is 0 Å². The van der Waals surface area contributed by atoms with Gasteiger partial charge in [-0.05, 0) is 18.4 Å². The van der Waals surface area contributed by atoms with Crippen molar-refractivity contribution in [2.75, 3.05) is 13.1 Å². The third-order valence-corrected chi connectivity index (χ3v) is 5.13. The van der Waals surface area contributed by atoms with E-state index >= 15 is 0 Å². The van der Waals surface area contributed by atoms with E-state index in [9.17, 15) is 0 Å². The van der Waals surface area contributed by atoms with Crippen LogP contribution in [0.15, 0.2) is 36.5 Å². The maximum Gasteiger partial charge on any atom is 0.0925 e. The van der Waals surface area contributed by atoms with Gasteiger partial charge >= 0.3 is 0 Å². The maximum absolute atomic E-state index is 4.42. The van der Waals surface area contributed by atoms with Crippen molar-refractivity contribution in [1.29, 1.82) is 0 Å². The Morgan fingerprint density at radius 1 is 1.33 bits per heavy atom. The molecule has 1 aliphatic heterocycles. The number of aromatic nitrogens is 1. The van der Waals surface area contributed by atoms with Crippen LogP contribution >= 0.6 is 11.3 Å². The van der Waals surface area contributed by atoms with E-state index in [0.29, 0.717) is 6.04 Å². The van der Waals surface area contributed by atoms with Gasteiger partial charge in [-0.25, -0.2) is 4.98 Å². The third kappa shape index (κ3) is 4.13. The van der Waals surface area contributed by atoms with E-state index in [4.69, 9.17) is 0 Å². The topological polar surface area (TPSA) is 28.2 Å². The minimum Gasteiger partial charge on any atom is -0.308 e. The molecule has 1 saturated heterocycles. The molecule has 1 aliphatic rings. The second-order valence-corrected chi connectivity index (χ2v) is 6.86. The quantitative estimate of drug-likeness (QED) is 0.889. The molecule has 0 saturated carbocycles. The molecule has 21 heavy (non-hydrogen) atoms. The van der Waals surface area contributed by atoms with Gasteiger partial charge in [0.05, 0.1) is 5.01 Å². The number of thiazole rings is 1. The molecule has 0 radical (unpaired) electrons. The molecule has 3 rings (SSSR count). The minimum atomic E-state index is 0.612. The van der Waals surface area contributed by atoms with Gasteiger partial charge in [-0.15, -0.1) is 11.3 Å². The Bertz CT molecular complexity index is 552. The molecule has 1 unspecified atom stereocenters. The summed E-state index contributed by atoms with van der Waals surface area (Å²) in [6.45, 7) is 6.53. The second kappa shape index (κ2) is 7.16. The van der Waals surface area contributed by atoms with Crippen molar-refractivity contribution in [3.8, 4) is 0 Å². The number of hydrogen-bond donors (Lipinski definition) is 1.